The maximum atomic E-state index is 12.1. The third kappa shape index (κ3) is 2.47. The fourth-order valence-corrected chi connectivity index (χ4v) is 2.56. The number of carbonyl (C=O) groups is 1. The third-order valence-corrected chi connectivity index (χ3v) is 3.81. The van der Waals surface area contributed by atoms with Gasteiger partial charge in [0, 0.05) is 19.0 Å². The van der Waals surface area contributed by atoms with Gasteiger partial charge in [-0.2, -0.15) is 0 Å². The quantitative estimate of drug-likeness (QED) is 0.908. The molecule has 0 radical (unpaired) electrons. The highest BCUT2D eigenvalue weighted by molar-refractivity contribution is 5.85. The highest BCUT2D eigenvalue weighted by Gasteiger charge is 2.28. The number of rotatable bonds is 3. The number of carbonyl (C=O) groups excluding carboxylic acids is 1. The first-order valence-electron chi connectivity index (χ1n) is 6.72. The predicted octanol–water partition coefficient (Wildman–Crippen LogP) is 1.80. The molecule has 1 amide bonds. The Kier molecular flexibility index (Phi) is 3.22. The molecule has 0 saturated carbocycles. The van der Waals surface area contributed by atoms with Crippen molar-refractivity contribution in [2.45, 2.75) is 6.42 Å². The molecule has 3 heteroatoms. The van der Waals surface area contributed by atoms with Crippen LogP contribution in [-0.4, -0.2) is 30.4 Å². The molecule has 1 heterocycles. The molecule has 19 heavy (non-hydrogen) atoms. The first-order chi connectivity index (χ1) is 9.26. The van der Waals surface area contributed by atoms with E-state index in [0.717, 1.165) is 18.7 Å². The van der Waals surface area contributed by atoms with Crippen molar-refractivity contribution in [1.82, 2.24) is 4.90 Å². The Labute approximate surface area is 113 Å². The topological polar surface area (TPSA) is 46.3 Å². The molecule has 1 aliphatic heterocycles. The van der Waals surface area contributed by atoms with Crippen LogP contribution in [0.25, 0.3) is 10.8 Å². The summed E-state index contributed by atoms with van der Waals surface area (Å²) in [5.74, 6) is 0.709. The second-order valence-corrected chi connectivity index (χ2v) is 5.26. The highest BCUT2D eigenvalue weighted by Crippen LogP contribution is 2.19. The molecule has 98 valence electrons. The fraction of sp³-hybridized carbons (Fsp3) is 0.312. The standard InChI is InChI=1S/C16H18N2O/c17-9-13-10-18(11-13)16(19)8-12-5-6-14-3-1-2-4-15(14)7-12/h1-7,13H,8-11,17H2. The van der Waals surface area contributed by atoms with Crippen molar-refractivity contribution >= 4 is 16.7 Å². The molecule has 0 aromatic heterocycles. The molecule has 0 bridgehead atoms. The third-order valence-electron chi connectivity index (χ3n) is 3.81. The predicted molar refractivity (Wildman–Crippen MR) is 76.8 cm³/mol. The minimum atomic E-state index is 0.208. The summed E-state index contributed by atoms with van der Waals surface area (Å²) in [6.45, 7) is 2.32. The average molecular weight is 254 g/mol. The summed E-state index contributed by atoms with van der Waals surface area (Å²) in [5, 5.41) is 2.40. The van der Waals surface area contributed by atoms with Gasteiger partial charge in [0.2, 0.25) is 5.91 Å². The molecule has 0 spiro atoms. The number of hydrogen-bond acceptors (Lipinski definition) is 2. The van der Waals surface area contributed by atoms with Crippen LogP contribution in [-0.2, 0) is 11.2 Å². The monoisotopic (exact) mass is 254 g/mol. The van der Waals surface area contributed by atoms with E-state index in [1.165, 1.54) is 10.8 Å². The summed E-state index contributed by atoms with van der Waals surface area (Å²) in [6.07, 6.45) is 0.488. The number of nitrogens with two attached hydrogens (primary N) is 1. The van der Waals surface area contributed by atoms with E-state index in [-0.39, 0.29) is 5.91 Å². The summed E-state index contributed by atoms with van der Waals surface area (Å²) < 4.78 is 0. The lowest BCUT2D eigenvalue weighted by Crippen LogP contribution is -2.53. The molecule has 0 unspecified atom stereocenters. The summed E-state index contributed by atoms with van der Waals surface area (Å²) in [4.78, 5) is 14.0. The van der Waals surface area contributed by atoms with E-state index in [0.29, 0.717) is 18.9 Å². The number of benzene rings is 2. The van der Waals surface area contributed by atoms with E-state index in [4.69, 9.17) is 5.73 Å². The van der Waals surface area contributed by atoms with Gasteiger partial charge in [-0.15, -0.1) is 0 Å². The lowest BCUT2D eigenvalue weighted by Gasteiger charge is -2.38. The van der Waals surface area contributed by atoms with E-state index >= 15 is 0 Å². The molecule has 1 fully saturated rings. The van der Waals surface area contributed by atoms with Crippen molar-refractivity contribution in [3.05, 3.63) is 48.0 Å². The molecule has 1 saturated heterocycles. The van der Waals surface area contributed by atoms with Gasteiger partial charge in [0.1, 0.15) is 0 Å². The lowest BCUT2D eigenvalue weighted by molar-refractivity contribution is -0.136. The van der Waals surface area contributed by atoms with Crippen LogP contribution in [0.15, 0.2) is 42.5 Å². The molecule has 0 atom stereocenters. The van der Waals surface area contributed by atoms with E-state index in [1.54, 1.807) is 0 Å². The minimum Gasteiger partial charge on any atom is -0.342 e. The van der Waals surface area contributed by atoms with Crippen LogP contribution in [0.3, 0.4) is 0 Å². The Balaban J connectivity index is 1.70. The number of amides is 1. The molecule has 2 aromatic rings. The average Bonchev–Trinajstić information content (AvgIpc) is 2.37. The van der Waals surface area contributed by atoms with Crippen LogP contribution < -0.4 is 5.73 Å². The van der Waals surface area contributed by atoms with Crippen LogP contribution >= 0.6 is 0 Å². The summed E-state index contributed by atoms with van der Waals surface area (Å²) in [5.41, 5.74) is 6.66. The van der Waals surface area contributed by atoms with Gasteiger partial charge in [0.05, 0.1) is 6.42 Å². The summed E-state index contributed by atoms with van der Waals surface area (Å²) >= 11 is 0. The van der Waals surface area contributed by atoms with Gasteiger partial charge in [-0.1, -0.05) is 42.5 Å². The van der Waals surface area contributed by atoms with Crippen molar-refractivity contribution in [3.8, 4) is 0 Å². The Hall–Kier alpha value is -1.87. The van der Waals surface area contributed by atoms with E-state index in [2.05, 4.69) is 24.3 Å². The number of fused-ring (bicyclic) bond motifs is 1. The summed E-state index contributed by atoms with van der Waals surface area (Å²) in [7, 11) is 0. The highest BCUT2D eigenvalue weighted by atomic mass is 16.2. The first-order valence-corrected chi connectivity index (χ1v) is 6.72. The summed E-state index contributed by atoms with van der Waals surface area (Å²) in [6, 6.07) is 14.4. The van der Waals surface area contributed by atoms with E-state index in [1.807, 2.05) is 23.1 Å². The molecule has 2 N–H and O–H groups in total. The van der Waals surface area contributed by atoms with Gasteiger partial charge in [-0.3, -0.25) is 4.79 Å². The van der Waals surface area contributed by atoms with Gasteiger partial charge in [0.15, 0.2) is 0 Å². The second-order valence-electron chi connectivity index (χ2n) is 5.26. The Morgan fingerprint density at radius 2 is 1.89 bits per heavy atom. The number of likely N-dealkylation sites (tertiary alicyclic amines) is 1. The minimum absolute atomic E-state index is 0.208. The van der Waals surface area contributed by atoms with Gasteiger partial charge >= 0.3 is 0 Å². The van der Waals surface area contributed by atoms with Gasteiger partial charge in [0.25, 0.3) is 0 Å². The maximum Gasteiger partial charge on any atom is 0.227 e. The van der Waals surface area contributed by atoms with E-state index < -0.39 is 0 Å². The molecule has 3 rings (SSSR count). The van der Waals surface area contributed by atoms with Gasteiger partial charge in [-0.05, 0) is 22.9 Å². The smallest absolute Gasteiger partial charge is 0.227 e. The van der Waals surface area contributed by atoms with Crippen LogP contribution in [0, 0.1) is 5.92 Å². The molecule has 2 aromatic carbocycles. The zero-order chi connectivity index (χ0) is 13.2. The molecule has 0 aliphatic carbocycles. The SMILES string of the molecule is NCC1CN(C(=O)Cc2ccc3ccccc3c2)C1. The maximum absolute atomic E-state index is 12.1. The second kappa shape index (κ2) is 5.02. The van der Waals surface area contributed by atoms with E-state index in [9.17, 15) is 4.79 Å². The van der Waals surface area contributed by atoms with Crippen molar-refractivity contribution in [2.75, 3.05) is 19.6 Å². The fourth-order valence-electron chi connectivity index (χ4n) is 2.56. The lowest BCUT2D eigenvalue weighted by atomic mass is 9.98. The molecule has 3 nitrogen and oxygen atoms in total. The van der Waals surface area contributed by atoms with Crippen molar-refractivity contribution in [1.29, 1.82) is 0 Å². The Bertz CT molecular complexity index is 602. The molecule has 1 aliphatic rings. The van der Waals surface area contributed by atoms with Crippen LogP contribution in [0.1, 0.15) is 5.56 Å². The normalized spacial score (nSPS) is 15.5. The zero-order valence-electron chi connectivity index (χ0n) is 10.9. The van der Waals surface area contributed by atoms with Crippen molar-refractivity contribution in [2.24, 2.45) is 11.7 Å². The zero-order valence-corrected chi connectivity index (χ0v) is 10.9. The Morgan fingerprint density at radius 3 is 2.63 bits per heavy atom. The molecular weight excluding hydrogens is 236 g/mol. The van der Waals surface area contributed by atoms with Gasteiger partial charge < -0.3 is 10.6 Å². The first kappa shape index (κ1) is 12.2. The molecular formula is C16H18N2O. The van der Waals surface area contributed by atoms with Gasteiger partial charge in [-0.25, -0.2) is 0 Å². The van der Waals surface area contributed by atoms with Crippen LogP contribution in [0.5, 0.6) is 0 Å². The van der Waals surface area contributed by atoms with Crippen molar-refractivity contribution in [3.63, 3.8) is 0 Å². The largest absolute Gasteiger partial charge is 0.342 e. The number of hydrogen-bond donors (Lipinski definition) is 1. The van der Waals surface area contributed by atoms with Crippen molar-refractivity contribution < 1.29 is 4.79 Å². The number of nitrogens with zero attached hydrogens (tertiary/aromatic N) is 1. The Morgan fingerprint density at radius 1 is 1.16 bits per heavy atom. The van der Waals surface area contributed by atoms with Crippen LogP contribution in [0.2, 0.25) is 0 Å². The van der Waals surface area contributed by atoms with Crippen LogP contribution in [0.4, 0.5) is 0 Å².